The van der Waals surface area contributed by atoms with Crippen LogP contribution in [0.4, 0.5) is 24.7 Å². The summed E-state index contributed by atoms with van der Waals surface area (Å²) in [5.74, 6) is -1.73. The molecular weight excluding hydrogens is 523 g/mol. The van der Waals surface area contributed by atoms with Gasteiger partial charge in [0.15, 0.2) is 5.82 Å². The maximum Gasteiger partial charge on any atom is 0.258 e. The minimum absolute atomic E-state index is 0.00665. The molecule has 0 spiro atoms. The van der Waals surface area contributed by atoms with Crippen molar-refractivity contribution >= 4 is 23.3 Å². The standard InChI is InChI=1S/C29H28F3N5O3/c1-3-28(38)37-13-20(31)9-21(37)14-40-36-27-12-26(33-15-34-27)23-10-19(30)11-25(16(23)2)35-29(39)22-7-6-18(8-24(22)32)17-4-5-17/h3,6-8,10-12,15,17,20-21H,1,4-5,9,13-14H2,2H3,(H,35,39)(H,33,34,36)/t20-,21+/m1/s1. The molecule has 11 heteroatoms. The zero-order valence-corrected chi connectivity index (χ0v) is 21.8. The Morgan fingerprint density at radius 3 is 2.70 bits per heavy atom. The predicted molar refractivity (Wildman–Crippen MR) is 143 cm³/mol. The summed E-state index contributed by atoms with van der Waals surface area (Å²) in [4.78, 5) is 40.0. The van der Waals surface area contributed by atoms with Crippen LogP contribution in [0.5, 0.6) is 0 Å². The van der Waals surface area contributed by atoms with Crippen LogP contribution in [-0.4, -0.2) is 52.0 Å². The molecule has 2 amide bonds. The van der Waals surface area contributed by atoms with Crippen LogP contribution < -0.4 is 10.8 Å². The van der Waals surface area contributed by atoms with Crippen molar-refractivity contribution in [3.05, 3.63) is 83.7 Å². The molecule has 5 rings (SSSR count). The number of carbonyl (C=O) groups excluding carboxylic acids is 2. The van der Waals surface area contributed by atoms with Gasteiger partial charge in [0.1, 0.15) is 24.1 Å². The summed E-state index contributed by atoms with van der Waals surface area (Å²) in [7, 11) is 0. The van der Waals surface area contributed by atoms with Crippen molar-refractivity contribution in [2.45, 2.75) is 44.3 Å². The third-order valence-corrected chi connectivity index (χ3v) is 7.12. The van der Waals surface area contributed by atoms with E-state index in [2.05, 4.69) is 27.3 Å². The van der Waals surface area contributed by atoms with Gasteiger partial charge in [0.25, 0.3) is 5.91 Å². The van der Waals surface area contributed by atoms with Gasteiger partial charge in [-0.1, -0.05) is 12.6 Å². The molecule has 1 aliphatic heterocycles. The van der Waals surface area contributed by atoms with Crippen LogP contribution in [0.1, 0.15) is 46.7 Å². The number of nitrogens with zero attached hydrogens (tertiary/aromatic N) is 3. The van der Waals surface area contributed by atoms with Crippen molar-refractivity contribution in [1.82, 2.24) is 14.9 Å². The van der Waals surface area contributed by atoms with Gasteiger partial charge < -0.3 is 10.2 Å². The second-order valence-corrected chi connectivity index (χ2v) is 9.98. The Hall–Kier alpha value is -4.25. The summed E-state index contributed by atoms with van der Waals surface area (Å²) in [6, 6.07) is 8.04. The van der Waals surface area contributed by atoms with Crippen LogP contribution in [0.2, 0.25) is 0 Å². The number of nitrogens with one attached hydrogen (secondary N) is 2. The third-order valence-electron chi connectivity index (χ3n) is 7.12. The molecule has 2 aromatic carbocycles. The van der Waals surface area contributed by atoms with Gasteiger partial charge in [0.05, 0.1) is 30.5 Å². The maximum absolute atomic E-state index is 14.6. The Balaban J connectivity index is 1.29. The van der Waals surface area contributed by atoms with Gasteiger partial charge in [-0.15, -0.1) is 0 Å². The number of amides is 2. The third kappa shape index (κ3) is 5.99. The highest BCUT2D eigenvalue weighted by Gasteiger charge is 2.34. The molecule has 2 atom stereocenters. The Labute approximate surface area is 229 Å². The molecule has 1 saturated carbocycles. The number of benzene rings is 2. The number of alkyl halides is 1. The largest absolute Gasteiger partial charge is 0.331 e. The first-order valence-corrected chi connectivity index (χ1v) is 12.9. The monoisotopic (exact) mass is 551 g/mol. The fourth-order valence-electron chi connectivity index (χ4n) is 4.83. The first-order valence-electron chi connectivity index (χ1n) is 12.9. The molecule has 208 valence electrons. The summed E-state index contributed by atoms with van der Waals surface area (Å²) in [5.41, 5.74) is 4.79. The lowest BCUT2D eigenvalue weighted by molar-refractivity contribution is -0.127. The van der Waals surface area contributed by atoms with Gasteiger partial charge in [-0.2, -0.15) is 0 Å². The molecule has 8 nitrogen and oxygen atoms in total. The van der Waals surface area contributed by atoms with E-state index in [1.54, 1.807) is 13.0 Å². The molecule has 3 aromatic rings. The zero-order valence-electron chi connectivity index (χ0n) is 21.8. The lowest BCUT2D eigenvalue weighted by Gasteiger charge is -2.22. The van der Waals surface area contributed by atoms with E-state index in [1.807, 2.05) is 0 Å². The van der Waals surface area contributed by atoms with Gasteiger partial charge in [-0.25, -0.2) is 28.6 Å². The van der Waals surface area contributed by atoms with E-state index < -0.39 is 29.8 Å². The molecule has 1 aliphatic carbocycles. The van der Waals surface area contributed by atoms with Crippen molar-refractivity contribution < 1.29 is 27.6 Å². The maximum atomic E-state index is 14.6. The smallest absolute Gasteiger partial charge is 0.258 e. The number of hydrogen-bond donors (Lipinski definition) is 2. The van der Waals surface area contributed by atoms with E-state index >= 15 is 0 Å². The molecule has 0 unspecified atom stereocenters. The lowest BCUT2D eigenvalue weighted by Crippen LogP contribution is -2.37. The number of rotatable bonds is 9. The number of aromatic nitrogens is 2. The van der Waals surface area contributed by atoms with Crippen LogP contribution in [0, 0.1) is 18.6 Å². The Morgan fingerprint density at radius 1 is 1.18 bits per heavy atom. The Kier molecular flexibility index (Phi) is 7.83. The van der Waals surface area contributed by atoms with E-state index in [4.69, 9.17) is 4.84 Å². The van der Waals surface area contributed by atoms with E-state index in [0.717, 1.165) is 30.5 Å². The second-order valence-electron chi connectivity index (χ2n) is 9.98. The number of hydrogen-bond acceptors (Lipinski definition) is 6. The van der Waals surface area contributed by atoms with Gasteiger partial charge in [0, 0.05) is 23.7 Å². The highest BCUT2D eigenvalue weighted by molar-refractivity contribution is 6.05. The quantitative estimate of drug-likeness (QED) is 0.276. The second kappa shape index (κ2) is 11.5. The number of anilines is 2. The number of carbonyl (C=O) groups is 2. The summed E-state index contributed by atoms with van der Waals surface area (Å²) < 4.78 is 43.1. The van der Waals surface area contributed by atoms with Gasteiger partial charge in [-0.3, -0.25) is 14.4 Å². The van der Waals surface area contributed by atoms with Crippen LogP contribution in [0.3, 0.4) is 0 Å². The average molecular weight is 552 g/mol. The molecule has 2 fully saturated rings. The van der Waals surface area contributed by atoms with Crippen molar-refractivity contribution in [3.8, 4) is 11.3 Å². The summed E-state index contributed by atoms with van der Waals surface area (Å²) >= 11 is 0. The first kappa shape index (κ1) is 27.3. The number of halogens is 3. The summed E-state index contributed by atoms with van der Waals surface area (Å²) in [6.45, 7) is 5.11. The topological polar surface area (TPSA) is 96.5 Å². The number of likely N-dealkylation sites (tertiary alicyclic amines) is 1. The SMILES string of the molecule is C=CC(=O)N1C[C@H](F)C[C@H]1CONc1cc(-c2cc(F)cc(NC(=O)c3ccc(C4CC4)cc3F)c2C)ncn1. The molecule has 1 saturated heterocycles. The van der Waals surface area contributed by atoms with E-state index in [0.29, 0.717) is 22.7 Å². The molecular formula is C29H28F3N5O3. The van der Waals surface area contributed by atoms with E-state index in [9.17, 15) is 22.8 Å². The minimum Gasteiger partial charge on any atom is -0.331 e. The predicted octanol–water partition coefficient (Wildman–Crippen LogP) is 5.33. The molecule has 2 N–H and O–H groups in total. The first-order chi connectivity index (χ1) is 19.2. The van der Waals surface area contributed by atoms with Crippen molar-refractivity contribution in [3.63, 3.8) is 0 Å². The Bertz CT molecular complexity index is 1460. The zero-order chi connectivity index (χ0) is 28.4. The Morgan fingerprint density at radius 2 is 1.98 bits per heavy atom. The summed E-state index contributed by atoms with van der Waals surface area (Å²) in [6.07, 6.45) is 3.40. The van der Waals surface area contributed by atoms with Crippen LogP contribution in [0.25, 0.3) is 11.3 Å². The molecule has 2 heterocycles. The van der Waals surface area contributed by atoms with Crippen LogP contribution in [0.15, 0.2) is 55.4 Å². The van der Waals surface area contributed by atoms with Crippen molar-refractivity contribution in [1.29, 1.82) is 0 Å². The fourth-order valence-corrected chi connectivity index (χ4v) is 4.83. The molecule has 2 aliphatic rings. The highest BCUT2D eigenvalue weighted by atomic mass is 19.1. The molecule has 0 bridgehead atoms. The van der Waals surface area contributed by atoms with Gasteiger partial charge in [-0.05, 0) is 67.2 Å². The summed E-state index contributed by atoms with van der Waals surface area (Å²) in [5, 5.41) is 2.61. The van der Waals surface area contributed by atoms with Gasteiger partial charge >= 0.3 is 0 Å². The normalized spacial score (nSPS) is 18.4. The molecule has 1 aromatic heterocycles. The van der Waals surface area contributed by atoms with Gasteiger partial charge in [0.2, 0.25) is 5.91 Å². The van der Waals surface area contributed by atoms with Crippen LogP contribution in [-0.2, 0) is 9.63 Å². The fraction of sp³-hybridized carbons (Fsp3) is 0.310. The van der Waals surface area contributed by atoms with Crippen molar-refractivity contribution in [2.75, 3.05) is 23.9 Å². The molecule has 40 heavy (non-hydrogen) atoms. The lowest BCUT2D eigenvalue weighted by atomic mass is 10.0. The highest BCUT2D eigenvalue weighted by Crippen LogP contribution is 2.40. The van der Waals surface area contributed by atoms with E-state index in [-0.39, 0.29) is 42.5 Å². The average Bonchev–Trinajstić information content (AvgIpc) is 3.72. The van der Waals surface area contributed by atoms with Crippen molar-refractivity contribution in [2.24, 2.45) is 0 Å². The van der Waals surface area contributed by atoms with E-state index in [1.165, 1.54) is 35.5 Å². The molecule has 0 radical (unpaired) electrons. The van der Waals surface area contributed by atoms with Crippen LogP contribution >= 0.6 is 0 Å². The minimum atomic E-state index is -1.15.